The van der Waals surface area contributed by atoms with Crippen LogP contribution in [-0.2, 0) is 41.7 Å². The fourth-order valence-corrected chi connectivity index (χ4v) is 2.97. The minimum absolute atomic E-state index is 0.00501. The lowest BCUT2D eigenvalue weighted by Gasteiger charge is -2.21. The molecule has 0 aromatic carbocycles. The Kier molecular flexibility index (Phi) is 10.7. The molecule has 1 aliphatic rings. The number of methoxy groups -OCH3 is 1. The summed E-state index contributed by atoms with van der Waals surface area (Å²) in [6.07, 6.45) is 0.896. The van der Waals surface area contributed by atoms with Crippen LogP contribution in [0, 0.1) is 0 Å². The molecule has 0 bridgehead atoms. The lowest BCUT2D eigenvalue weighted by atomic mass is 10.3. The number of carbonyl (C=O) groups is 2. The highest BCUT2D eigenvalue weighted by Crippen LogP contribution is 2.14. The Morgan fingerprint density at radius 2 is 1.76 bits per heavy atom. The second-order valence-corrected chi connectivity index (χ2v) is 6.82. The summed E-state index contributed by atoms with van der Waals surface area (Å²) in [5.74, 6) is 1.13. The summed E-state index contributed by atoms with van der Waals surface area (Å²) in [6.45, 7) is 7.21. The third kappa shape index (κ3) is 9.40. The van der Waals surface area contributed by atoms with E-state index in [-0.39, 0.29) is 25.1 Å². The summed E-state index contributed by atoms with van der Waals surface area (Å²) in [5.41, 5.74) is 0. The Morgan fingerprint density at radius 3 is 2.55 bits per heavy atom. The number of furan rings is 1. The molecule has 2 heterocycles. The smallest absolute Gasteiger partial charge is 0.303 e. The predicted molar refractivity (Wildman–Crippen MR) is 104 cm³/mol. The average Bonchev–Trinajstić information content (AvgIpc) is 3.01. The molecule has 0 radical (unpaired) electrons. The largest absolute Gasteiger partial charge is 0.461 e. The number of nitrogens with zero attached hydrogens (tertiary/aromatic N) is 2. The molecule has 1 aliphatic heterocycles. The summed E-state index contributed by atoms with van der Waals surface area (Å²) >= 11 is 0. The number of ether oxygens (including phenoxy) is 4. The molecule has 2 rings (SSSR count). The van der Waals surface area contributed by atoms with Crippen LogP contribution < -0.4 is 0 Å². The van der Waals surface area contributed by atoms with E-state index in [9.17, 15) is 9.59 Å². The molecule has 0 spiro atoms. The van der Waals surface area contributed by atoms with Crippen molar-refractivity contribution in [2.75, 3.05) is 66.3 Å². The number of rotatable bonds is 12. The van der Waals surface area contributed by atoms with Crippen molar-refractivity contribution in [1.82, 2.24) is 9.80 Å². The van der Waals surface area contributed by atoms with E-state index in [0.29, 0.717) is 45.3 Å². The fraction of sp³-hybridized carbons (Fsp3) is 0.700. The summed E-state index contributed by atoms with van der Waals surface area (Å²) in [4.78, 5) is 27.3. The van der Waals surface area contributed by atoms with Gasteiger partial charge in [-0.15, -0.1) is 0 Å². The summed E-state index contributed by atoms with van der Waals surface area (Å²) in [6, 6.07) is 3.72. The number of amides is 1. The van der Waals surface area contributed by atoms with Crippen molar-refractivity contribution in [2.45, 2.75) is 26.5 Å². The molecule has 1 aromatic rings. The molecule has 164 valence electrons. The summed E-state index contributed by atoms with van der Waals surface area (Å²) in [7, 11) is 1.62. The van der Waals surface area contributed by atoms with Crippen molar-refractivity contribution < 1.29 is 33.0 Å². The van der Waals surface area contributed by atoms with Gasteiger partial charge in [-0.25, -0.2) is 0 Å². The van der Waals surface area contributed by atoms with Crippen LogP contribution in [0.4, 0.5) is 0 Å². The van der Waals surface area contributed by atoms with E-state index in [1.165, 1.54) is 6.92 Å². The van der Waals surface area contributed by atoms with Gasteiger partial charge >= 0.3 is 5.97 Å². The Labute approximate surface area is 171 Å². The van der Waals surface area contributed by atoms with Gasteiger partial charge in [0.25, 0.3) is 0 Å². The third-order valence-electron chi connectivity index (χ3n) is 4.49. The van der Waals surface area contributed by atoms with Crippen LogP contribution in [0.15, 0.2) is 16.5 Å². The number of carbonyl (C=O) groups excluding carboxylic acids is 2. The van der Waals surface area contributed by atoms with Gasteiger partial charge < -0.3 is 28.3 Å². The van der Waals surface area contributed by atoms with Gasteiger partial charge in [-0.3, -0.25) is 14.5 Å². The zero-order chi connectivity index (χ0) is 20.9. The Morgan fingerprint density at radius 1 is 1.00 bits per heavy atom. The highest BCUT2D eigenvalue weighted by atomic mass is 16.5. The fourth-order valence-electron chi connectivity index (χ4n) is 2.97. The number of hydrogen-bond acceptors (Lipinski definition) is 8. The average molecular weight is 412 g/mol. The molecule has 29 heavy (non-hydrogen) atoms. The van der Waals surface area contributed by atoms with Gasteiger partial charge in [-0.1, -0.05) is 0 Å². The molecule has 9 nitrogen and oxygen atoms in total. The minimum atomic E-state index is -0.331. The molecule has 0 aliphatic carbocycles. The maximum atomic E-state index is 12.3. The van der Waals surface area contributed by atoms with Crippen LogP contribution in [0.3, 0.4) is 0 Å². The lowest BCUT2D eigenvalue weighted by molar-refractivity contribution is -0.142. The van der Waals surface area contributed by atoms with E-state index in [1.54, 1.807) is 7.11 Å². The second-order valence-electron chi connectivity index (χ2n) is 6.82. The highest BCUT2D eigenvalue weighted by molar-refractivity contribution is 5.77. The van der Waals surface area contributed by atoms with Gasteiger partial charge in [0.1, 0.15) is 24.7 Å². The van der Waals surface area contributed by atoms with E-state index >= 15 is 0 Å². The molecule has 9 heteroatoms. The molecule has 0 atom stereocenters. The van der Waals surface area contributed by atoms with Crippen molar-refractivity contribution in [3.63, 3.8) is 0 Å². The number of esters is 1. The van der Waals surface area contributed by atoms with Crippen LogP contribution in [0.2, 0.25) is 0 Å². The monoisotopic (exact) mass is 412 g/mol. The summed E-state index contributed by atoms with van der Waals surface area (Å²) in [5, 5.41) is 0. The molecule has 1 amide bonds. The van der Waals surface area contributed by atoms with E-state index in [0.717, 1.165) is 31.8 Å². The van der Waals surface area contributed by atoms with Crippen molar-refractivity contribution >= 4 is 11.9 Å². The molecule has 0 unspecified atom stereocenters. The molecule has 0 saturated carbocycles. The first-order valence-corrected chi connectivity index (χ1v) is 9.94. The molecule has 1 aromatic heterocycles. The quantitative estimate of drug-likeness (QED) is 0.372. The van der Waals surface area contributed by atoms with Crippen LogP contribution in [0.5, 0.6) is 0 Å². The van der Waals surface area contributed by atoms with Crippen molar-refractivity contribution in [1.29, 1.82) is 0 Å². The van der Waals surface area contributed by atoms with Crippen LogP contribution >= 0.6 is 0 Å². The molecule has 1 saturated heterocycles. The molecule has 0 N–H and O–H groups in total. The molecular weight excluding hydrogens is 380 g/mol. The first kappa shape index (κ1) is 23.3. The van der Waals surface area contributed by atoms with Gasteiger partial charge in [0.15, 0.2) is 0 Å². The SMILES string of the molecule is COCCOCCOCC(=O)N1CCCN(Cc2ccc(COC(C)=O)o2)CC1. The van der Waals surface area contributed by atoms with Gasteiger partial charge in [0, 0.05) is 40.2 Å². The van der Waals surface area contributed by atoms with Gasteiger partial charge in [-0.2, -0.15) is 0 Å². The van der Waals surface area contributed by atoms with Crippen LogP contribution in [0.25, 0.3) is 0 Å². The Bertz CT molecular complexity index is 620. The Hall–Kier alpha value is -1.94. The maximum absolute atomic E-state index is 12.3. The van der Waals surface area contributed by atoms with Gasteiger partial charge in [0.05, 0.1) is 33.0 Å². The van der Waals surface area contributed by atoms with E-state index in [1.807, 2.05) is 17.0 Å². The van der Waals surface area contributed by atoms with E-state index in [2.05, 4.69) is 4.90 Å². The van der Waals surface area contributed by atoms with Crippen molar-refractivity contribution in [3.05, 3.63) is 23.7 Å². The topological polar surface area (TPSA) is 90.7 Å². The molecule has 1 fully saturated rings. The normalized spacial score (nSPS) is 15.3. The summed E-state index contributed by atoms with van der Waals surface area (Å²) < 4.78 is 26.3. The Balaban J connectivity index is 1.65. The first-order chi connectivity index (χ1) is 14.1. The van der Waals surface area contributed by atoms with Crippen molar-refractivity contribution in [2.24, 2.45) is 0 Å². The van der Waals surface area contributed by atoms with E-state index in [4.69, 9.17) is 23.4 Å². The predicted octanol–water partition coefficient (Wildman–Crippen LogP) is 1.06. The van der Waals surface area contributed by atoms with Crippen molar-refractivity contribution in [3.8, 4) is 0 Å². The standard InChI is InChI=1S/C20H32N2O7/c1-17(23)28-15-19-5-4-18(29-19)14-21-6-3-7-22(9-8-21)20(24)16-27-13-12-26-11-10-25-2/h4-5H,3,6-16H2,1-2H3. The first-order valence-electron chi connectivity index (χ1n) is 9.94. The molecular formula is C20H32N2O7. The van der Waals surface area contributed by atoms with Gasteiger partial charge in [-0.05, 0) is 18.6 Å². The third-order valence-corrected chi connectivity index (χ3v) is 4.49. The van der Waals surface area contributed by atoms with Gasteiger partial charge in [0.2, 0.25) is 5.91 Å². The minimum Gasteiger partial charge on any atom is -0.461 e. The zero-order valence-electron chi connectivity index (χ0n) is 17.4. The maximum Gasteiger partial charge on any atom is 0.303 e. The zero-order valence-corrected chi connectivity index (χ0v) is 17.4. The number of hydrogen-bond donors (Lipinski definition) is 0. The van der Waals surface area contributed by atoms with Crippen LogP contribution in [0.1, 0.15) is 24.9 Å². The highest BCUT2D eigenvalue weighted by Gasteiger charge is 2.20. The van der Waals surface area contributed by atoms with E-state index < -0.39 is 0 Å². The van der Waals surface area contributed by atoms with Crippen LogP contribution in [-0.4, -0.2) is 88.0 Å². The lowest BCUT2D eigenvalue weighted by Crippen LogP contribution is -2.37. The second kappa shape index (κ2) is 13.3.